The molecule has 1 saturated carbocycles. The van der Waals surface area contributed by atoms with Gasteiger partial charge in [0.15, 0.2) is 0 Å². The van der Waals surface area contributed by atoms with Gasteiger partial charge in [0, 0.05) is 23.2 Å². The quantitative estimate of drug-likeness (QED) is 0.322. The number of piperidine rings is 1. The first-order valence-electron chi connectivity index (χ1n) is 12.7. The highest BCUT2D eigenvalue weighted by Gasteiger charge is 2.72. The van der Waals surface area contributed by atoms with Gasteiger partial charge in [-0.1, -0.05) is 13.8 Å². The number of hydrogen-bond acceptors (Lipinski definition) is 7. The summed E-state index contributed by atoms with van der Waals surface area (Å²) >= 11 is 1.16. The molecule has 0 bridgehead atoms. The number of aromatic nitrogens is 2. The molecule has 3 aliphatic rings. The van der Waals surface area contributed by atoms with Crippen molar-refractivity contribution in [3.8, 4) is 11.3 Å². The zero-order chi connectivity index (χ0) is 28.9. The van der Waals surface area contributed by atoms with Gasteiger partial charge in [-0.2, -0.15) is 13.2 Å². The molecule has 8 nitrogen and oxygen atoms in total. The first kappa shape index (κ1) is 32.1. The Morgan fingerprint density at radius 3 is 2.36 bits per heavy atom. The Hall–Kier alpha value is -2.87. The third-order valence-corrected chi connectivity index (χ3v) is 9.36. The SMILES string of the molecule is Cc1cc(C(F)(F)F)nc(-c2ccnc3cc(CN4C(=O)C5C(C4=O)C5(C)C)sc23)c1C(=O)N1C[C@@H](N)[C@H](F)C1.Cl.Cl. The molecule has 3 fully saturated rings. The highest BCUT2D eigenvalue weighted by Crippen LogP contribution is 2.63. The van der Waals surface area contributed by atoms with Crippen LogP contribution in [0.5, 0.6) is 0 Å². The van der Waals surface area contributed by atoms with Crippen molar-refractivity contribution in [2.24, 2.45) is 23.0 Å². The Balaban J connectivity index is 0.00000202. The standard InChI is InChI=1S/C27H25F4N5O3S.2ClH/c1-11-6-17(27(29,30)31)34-21(18(11)23(37)35-9-14(28)15(32)10-35)13-4-5-33-16-7-12(40-22(13)16)8-36-24(38)19-20(25(36)39)26(19,2)3;;/h4-7,14-15,19-20H,8-10,32H2,1-3H3;2*1H/t14-,15-,19?,20?;;/m1../s1. The van der Waals surface area contributed by atoms with Crippen LogP contribution in [-0.2, 0) is 22.3 Å². The van der Waals surface area contributed by atoms with Gasteiger partial charge in [0.2, 0.25) is 11.8 Å². The lowest BCUT2D eigenvalue weighted by molar-refractivity contribution is -0.144. The molecule has 3 aromatic heterocycles. The van der Waals surface area contributed by atoms with Crippen molar-refractivity contribution in [1.82, 2.24) is 19.8 Å². The topological polar surface area (TPSA) is 109 Å². The third-order valence-electron chi connectivity index (χ3n) is 8.22. The predicted molar refractivity (Wildman–Crippen MR) is 152 cm³/mol. The molecule has 42 heavy (non-hydrogen) atoms. The normalized spacial score (nSPS) is 24.5. The second-order valence-electron chi connectivity index (χ2n) is 11.3. The third kappa shape index (κ3) is 4.93. The number of nitrogens with two attached hydrogens (primary N) is 1. The molecule has 5 heterocycles. The minimum Gasteiger partial charge on any atom is -0.334 e. The van der Waals surface area contributed by atoms with Gasteiger partial charge in [-0.3, -0.25) is 24.3 Å². The van der Waals surface area contributed by atoms with Gasteiger partial charge < -0.3 is 10.6 Å². The average molecular weight is 649 g/mol. The maximum atomic E-state index is 14.1. The summed E-state index contributed by atoms with van der Waals surface area (Å²) in [6.45, 7) is 4.82. The molecule has 4 atom stereocenters. The Kier molecular flexibility index (Phi) is 8.16. The summed E-state index contributed by atoms with van der Waals surface area (Å²) in [5.74, 6) is -1.80. The summed E-state index contributed by atoms with van der Waals surface area (Å²) in [6.07, 6.45) is -4.83. The Morgan fingerprint density at radius 2 is 1.79 bits per heavy atom. The van der Waals surface area contributed by atoms with Crippen LogP contribution in [0.2, 0.25) is 0 Å². The number of thiophene rings is 1. The van der Waals surface area contributed by atoms with Crippen LogP contribution >= 0.6 is 36.2 Å². The van der Waals surface area contributed by atoms with E-state index in [9.17, 15) is 31.9 Å². The van der Waals surface area contributed by atoms with Gasteiger partial charge >= 0.3 is 6.18 Å². The van der Waals surface area contributed by atoms with E-state index in [0.717, 1.165) is 17.4 Å². The number of nitrogens with zero attached hydrogens (tertiary/aromatic N) is 4. The van der Waals surface area contributed by atoms with E-state index in [4.69, 9.17) is 5.73 Å². The van der Waals surface area contributed by atoms with Crippen LogP contribution < -0.4 is 5.73 Å². The van der Waals surface area contributed by atoms with E-state index in [-0.39, 0.29) is 95.9 Å². The summed E-state index contributed by atoms with van der Waals surface area (Å²) in [7, 11) is 0. The monoisotopic (exact) mass is 647 g/mol. The Morgan fingerprint density at radius 1 is 1.14 bits per heavy atom. The van der Waals surface area contributed by atoms with Gasteiger partial charge in [0.05, 0.1) is 52.4 Å². The van der Waals surface area contributed by atoms with Crippen molar-refractivity contribution in [2.75, 3.05) is 13.1 Å². The van der Waals surface area contributed by atoms with E-state index < -0.39 is 30.0 Å². The summed E-state index contributed by atoms with van der Waals surface area (Å²) in [5, 5.41) is 0. The lowest BCUT2D eigenvalue weighted by atomic mass is 9.99. The van der Waals surface area contributed by atoms with Crippen molar-refractivity contribution >= 4 is 64.1 Å². The molecular formula is C27H27Cl2F4N5O3S. The molecule has 2 aliphatic heterocycles. The number of imide groups is 1. The van der Waals surface area contributed by atoms with Gasteiger partial charge in [-0.05, 0) is 36.1 Å². The van der Waals surface area contributed by atoms with Crippen LogP contribution in [0.15, 0.2) is 24.4 Å². The van der Waals surface area contributed by atoms with E-state index in [2.05, 4.69) is 9.97 Å². The lowest BCUT2D eigenvalue weighted by Gasteiger charge is -2.21. The van der Waals surface area contributed by atoms with Crippen molar-refractivity contribution in [3.63, 3.8) is 0 Å². The summed E-state index contributed by atoms with van der Waals surface area (Å²) in [4.78, 5) is 50.4. The number of likely N-dealkylation sites (tertiary alicyclic amines) is 2. The largest absolute Gasteiger partial charge is 0.433 e. The van der Waals surface area contributed by atoms with Crippen LogP contribution in [0.4, 0.5) is 17.6 Å². The zero-order valence-electron chi connectivity index (χ0n) is 22.6. The predicted octanol–water partition coefficient (Wildman–Crippen LogP) is 4.79. The number of pyridine rings is 2. The Labute approximate surface area is 254 Å². The molecule has 3 aromatic rings. The molecule has 6 rings (SSSR count). The fourth-order valence-electron chi connectivity index (χ4n) is 5.96. The molecular weight excluding hydrogens is 621 g/mol. The fraction of sp³-hybridized carbons (Fsp3) is 0.444. The summed E-state index contributed by atoms with van der Waals surface area (Å²) in [6, 6.07) is 3.05. The minimum atomic E-state index is -4.78. The number of fused-ring (bicyclic) bond motifs is 2. The van der Waals surface area contributed by atoms with E-state index in [1.807, 2.05) is 13.8 Å². The van der Waals surface area contributed by atoms with E-state index in [1.165, 1.54) is 29.0 Å². The lowest BCUT2D eigenvalue weighted by Crippen LogP contribution is -2.35. The molecule has 2 unspecified atom stereocenters. The number of carbonyl (C=O) groups excluding carboxylic acids is 3. The summed E-state index contributed by atoms with van der Waals surface area (Å²) in [5.41, 5.74) is 4.64. The highest BCUT2D eigenvalue weighted by atomic mass is 35.5. The van der Waals surface area contributed by atoms with Gasteiger partial charge in [-0.15, -0.1) is 36.2 Å². The van der Waals surface area contributed by atoms with Crippen molar-refractivity contribution in [1.29, 1.82) is 0 Å². The molecule has 1 aliphatic carbocycles. The number of alkyl halides is 4. The molecule has 0 radical (unpaired) electrons. The average Bonchev–Trinajstić information content (AvgIpc) is 3.17. The maximum Gasteiger partial charge on any atom is 0.433 e. The van der Waals surface area contributed by atoms with Gasteiger partial charge in [0.25, 0.3) is 5.91 Å². The zero-order valence-corrected chi connectivity index (χ0v) is 25.0. The molecule has 3 amide bonds. The second kappa shape index (κ2) is 10.7. The molecule has 0 spiro atoms. The fourth-order valence-corrected chi connectivity index (χ4v) is 7.08. The van der Waals surface area contributed by atoms with Gasteiger partial charge in [-0.25, -0.2) is 9.37 Å². The number of hydrogen-bond donors (Lipinski definition) is 1. The van der Waals surface area contributed by atoms with E-state index in [0.29, 0.717) is 15.1 Å². The molecule has 0 aromatic carbocycles. The van der Waals surface area contributed by atoms with E-state index in [1.54, 1.807) is 6.07 Å². The van der Waals surface area contributed by atoms with Crippen LogP contribution in [-0.4, -0.2) is 62.8 Å². The van der Waals surface area contributed by atoms with Crippen LogP contribution in [0, 0.1) is 24.2 Å². The molecule has 2 saturated heterocycles. The number of carbonyl (C=O) groups is 3. The smallest absolute Gasteiger partial charge is 0.334 e. The number of aryl methyl sites for hydroxylation is 1. The Bertz CT molecular complexity index is 1580. The van der Waals surface area contributed by atoms with Gasteiger partial charge in [0.1, 0.15) is 11.9 Å². The number of halogens is 6. The van der Waals surface area contributed by atoms with Crippen molar-refractivity contribution in [2.45, 2.75) is 45.7 Å². The number of rotatable bonds is 4. The molecule has 2 N–H and O–H groups in total. The highest BCUT2D eigenvalue weighted by molar-refractivity contribution is 7.19. The van der Waals surface area contributed by atoms with Crippen molar-refractivity contribution < 1.29 is 31.9 Å². The first-order chi connectivity index (χ1) is 18.7. The van der Waals surface area contributed by atoms with E-state index >= 15 is 0 Å². The number of amides is 3. The van der Waals surface area contributed by atoms with Crippen molar-refractivity contribution in [3.05, 3.63) is 46.1 Å². The summed E-state index contributed by atoms with van der Waals surface area (Å²) < 4.78 is 56.0. The maximum absolute atomic E-state index is 14.1. The van der Waals surface area contributed by atoms with Crippen LogP contribution in [0.1, 0.15) is 40.3 Å². The first-order valence-corrected chi connectivity index (χ1v) is 13.5. The van der Waals surface area contributed by atoms with Crippen LogP contribution in [0.3, 0.4) is 0 Å². The minimum absolute atomic E-state index is 0. The second-order valence-corrected chi connectivity index (χ2v) is 12.4. The molecule has 15 heteroatoms. The van der Waals surface area contributed by atoms with Crippen LogP contribution in [0.25, 0.3) is 21.5 Å². The molecule has 226 valence electrons.